The van der Waals surface area contributed by atoms with Crippen LogP contribution in [-0.4, -0.2) is 22.3 Å². The second kappa shape index (κ2) is 7.63. The summed E-state index contributed by atoms with van der Waals surface area (Å²) in [7, 11) is 0. The fourth-order valence-electron chi connectivity index (χ4n) is 3.16. The zero-order valence-corrected chi connectivity index (χ0v) is 14.2. The molecule has 0 spiro atoms. The smallest absolute Gasteiger partial charge is 0.387 e. The van der Waals surface area contributed by atoms with Crippen molar-refractivity contribution < 1.29 is 18.3 Å². The Kier molecular flexibility index (Phi) is 5.29. The number of hydrogen-bond acceptors (Lipinski definition) is 4. The van der Waals surface area contributed by atoms with Crippen molar-refractivity contribution in [2.24, 2.45) is 0 Å². The van der Waals surface area contributed by atoms with Gasteiger partial charge in [-0.15, -0.1) is 0 Å². The number of ether oxygens (including phenoxy) is 1. The van der Waals surface area contributed by atoms with E-state index in [2.05, 4.69) is 15.2 Å². The topological polar surface area (TPSA) is 73.2 Å². The van der Waals surface area contributed by atoms with E-state index in [0.717, 1.165) is 35.1 Å². The fourth-order valence-corrected chi connectivity index (χ4v) is 3.16. The van der Waals surface area contributed by atoms with Gasteiger partial charge in [0.1, 0.15) is 12.3 Å². The van der Waals surface area contributed by atoms with Crippen molar-refractivity contribution in [1.82, 2.24) is 15.1 Å². The maximum atomic E-state index is 12.4. The maximum absolute atomic E-state index is 12.4. The molecule has 3 rings (SSSR count). The summed E-state index contributed by atoms with van der Waals surface area (Å²) in [5, 5.41) is 6.95. The first-order valence-corrected chi connectivity index (χ1v) is 8.34. The number of nitrogens with one attached hydrogen (secondary N) is 1. The zero-order valence-electron chi connectivity index (χ0n) is 14.2. The van der Waals surface area contributed by atoms with Gasteiger partial charge in [0.2, 0.25) is 5.91 Å². The molecule has 0 saturated carbocycles. The Bertz CT molecular complexity index is 867. The molecule has 1 aromatic heterocycles. The Morgan fingerprint density at radius 3 is 2.96 bits per heavy atom. The second-order valence-electron chi connectivity index (χ2n) is 6.22. The third-order valence-electron chi connectivity index (χ3n) is 4.28. The minimum Gasteiger partial charge on any atom is -0.435 e. The van der Waals surface area contributed by atoms with Crippen LogP contribution in [0.15, 0.2) is 35.1 Å². The van der Waals surface area contributed by atoms with Gasteiger partial charge in [0, 0.05) is 6.07 Å². The van der Waals surface area contributed by atoms with Crippen LogP contribution >= 0.6 is 0 Å². The molecule has 1 N–H and O–H groups in total. The van der Waals surface area contributed by atoms with E-state index in [1.807, 2.05) is 0 Å². The fraction of sp³-hybridized carbons (Fsp3) is 0.389. The Morgan fingerprint density at radius 1 is 1.38 bits per heavy atom. The van der Waals surface area contributed by atoms with Gasteiger partial charge in [-0.2, -0.15) is 13.9 Å². The van der Waals surface area contributed by atoms with E-state index in [0.29, 0.717) is 5.69 Å². The predicted molar refractivity (Wildman–Crippen MR) is 90.1 cm³/mol. The Balaban J connectivity index is 1.72. The molecule has 138 valence electrons. The van der Waals surface area contributed by atoms with Crippen LogP contribution < -0.4 is 15.6 Å². The molecule has 8 heteroatoms. The van der Waals surface area contributed by atoms with Gasteiger partial charge in [-0.1, -0.05) is 6.07 Å². The monoisotopic (exact) mass is 363 g/mol. The summed E-state index contributed by atoms with van der Waals surface area (Å²) in [4.78, 5) is 24.1. The first kappa shape index (κ1) is 18.0. The van der Waals surface area contributed by atoms with E-state index in [-0.39, 0.29) is 29.8 Å². The van der Waals surface area contributed by atoms with Crippen LogP contribution in [0.25, 0.3) is 0 Å². The highest BCUT2D eigenvalue weighted by molar-refractivity contribution is 5.76. The summed E-state index contributed by atoms with van der Waals surface area (Å²) in [6.45, 7) is -1.30. The summed E-state index contributed by atoms with van der Waals surface area (Å²) in [6.07, 6.45) is 2.30. The number of halogens is 2. The Hall–Kier alpha value is -2.77. The van der Waals surface area contributed by atoms with E-state index in [1.165, 1.54) is 12.1 Å². The quantitative estimate of drug-likeness (QED) is 0.885. The van der Waals surface area contributed by atoms with Crippen molar-refractivity contribution in [3.8, 4) is 5.75 Å². The lowest BCUT2D eigenvalue weighted by molar-refractivity contribution is -0.122. The highest BCUT2D eigenvalue weighted by Gasteiger charge is 2.23. The van der Waals surface area contributed by atoms with Crippen LogP contribution in [0.5, 0.6) is 5.75 Å². The van der Waals surface area contributed by atoms with Gasteiger partial charge in [0.25, 0.3) is 5.56 Å². The molecule has 1 unspecified atom stereocenters. The summed E-state index contributed by atoms with van der Waals surface area (Å²) < 4.78 is 30.3. The van der Waals surface area contributed by atoms with Crippen molar-refractivity contribution in [1.29, 1.82) is 0 Å². The average Bonchev–Trinajstić information content (AvgIpc) is 2.57. The Labute approximate surface area is 148 Å². The molecule has 0 saturated heterocycles. The van der Waals surface area contributed by atoms with Crippen molar-refractivity contribution in [3.05, 3.63) is 57.5 Å². The van der Waals surface area contributed by atoms with E-state index in [1.54, 1.807) is 25.1 Å². The highest BCUT2D eigenvalue weighted by atomic mass is 19.3. The second-order valence-corrected chi connectivity index (χ2v) is 6.22. The number of benzene rings is 1. The molecular formula is C18H19F2N3O3. The van der Waals surface area contributed by atoms with Gasteiger partial charge in [-0.05, 0) is 55.5 Å². The molecule has 1 amide bonds. The van der Waals surface area contributed by atoms with Crippen molar-refractivity contribution in [2.45, 2.75) is 45.4 Å². The number of fused-ring (bicyclic) bond motifs is 1. The average molecular weight is 363 g/mol. The first-order valence-electron chi connectivity index (χ1n) is 8.34. The number of carbonyl (C=O) groups excluding carboxylic acids is 1. The molecule has 0 aliphatic heterocycles. The van der Waals surface area contributed by atoms with Gasteiger partial charge in [-0.3, -0.25) is 9.59 Å². The number of aromatic nitrogens is 2. The third kappa shape index (κ3) is 4.25. The van der Waals surface area contributed by atoms with Gasteiger partial charge < -0.3 is 10.1 Å². The van der Waals surface area contributed by atoms with Crippen LogP contribution in [0.1, 0.15) is 35.7 Å². The lowest BCUT2D eigenvalue weighted by atomic mass is 9.87. The minimum atomic E-state index is -2.87. The van der Waals surface area contributed by atoms with Crippen molar-refractivity contribution >= 4 is 5.91 Å². The number of hydrogen-bond donors (Lipinski definition) is 1. The standard InChI is InChI=1S/C18H19F2N3O3/c1-11-5-8-17(25)23(22-11)10-16(24)21-15-4-2-3-12-9-13(26-18(19)20)6-7-14(12)15/h5-9,15,18H,2-4,10H2,1H3,(H,21,24). The molecule has 0 radical (unpaired) electrons. The maximum Gasteiger partial charge on any atom is 0.387 e. The lowest BCUT2D eigenvalue weighted by Gasteiger charge is -2.27. The minimum absolute atomic E-state index is 0.112. The molecule has 0 fully saturated rings. The third-order valence-corrected chi connectivity index (χ3v) is 4.28. The molecule has 1 atom stereocenters. The zero-order chi connectivity index (χ0) is 18.7. The predicted octanol–water partition coefficient (Wildman–Crippen LogP) is 2.35. The van der Waals surface area contributed by atoms with Crippen molar-refractivity contribution in [2.75, 3.05) is 0 Å². The SMILES string of the molecule is Cc1ccc(=O)n(CC(=O)NC2CCCc3cc(OC(F)F)ccc32)n1. The van der Waals surface area contributed by atoms with Crippen LogP contribution in [0.3, 0.4) is 0 Å². The number of aryl methyl sites for hydroxylation is 2. The molecule has 0 bridgehead atoms. The molecular weight excluding hydrogens is 344 g/mol. The van der Waals surface area contributed by atoms with Crippen molar-refractivity contribution in [3.63, 3.8) is 0 Å². The van der Waals surface area contributed by atoms with Crippen LogP contribution in [-0.2, 0) is 17.8 Å². The van der Waals surface area contributed by atoms with Gasteiger partial charge in [-0.25, -0.2) is 4.68 Å². The number of amides is 1. The summed E-state index contributed by atoms with van der Waals surface area (Å²) >= 11 is 0. The first-order chi connectivity index (χ1) is 12.4. The van der Waals surface area contributed by atoms with Crippen LogP contribution in [0.2, 0.25) is 0 Å². The normalized spacial score (nSPS) is 16.2. The molecule has 1 aliphatic carbocycles. The number of alkyl halides is 2. The van der Waals surface area contributed by atoms with Gasteiger partial charge >= 0.3 is 6.61 Å². The van der Waals surface area contributed by atoms with E-state index in [9.17, 15) is 18.4 Å². The Morgan fingerprint density at radius 2 is 2.19 bits per heavy atom. The number of nitrogens with zero attached hydrogens (tertiary/aromatic N) is 2. The molecule has 6 nitrogen and oxygen atoms in total. The summed E-state index contributed by atoms with van der Waals surface area (Å²) in [5.74, 6) is -0.211. The summed E-state index contributed by atoms with van der Waals surface area (Å²) in [5.41, 5.74) is 2.07. The molecule has 1 heterocycles. The molecule has 1 aromatic carbocycles. The molecule has 26 heavy (non-hydrogen) atoms. The molecule has 2 aromatic rings. The highest BCUT2D eigenvalue weighted by Crippen LogP contribution is 2.32. The van der Waals surface area contributed by atoms with E-state index < -0.39 is 6.61 Å². The van der Waals surface area contributed by atoms with Gasteiger partial charge in [0.05, 0.1) is 11.7 Å². The molecule has 1 aliphatic rings. The van der Waals surface area contributed by atoms with E-state index >= 15 is 0 Å². The van der Waals surface area contributed by atoms with Crippen LogP contribution in [0.4, 0.5) is 8.78 Å². The number of rotatable bonds is 5. The largest absolute Gasteiger partial charge is 0.435 e. The van der Waals surface area contributed by atoms with Gasteiger partial charge in [0.15, 0.2) is 0 Å². The number of carbonyl (C=O) groups is 1. The lowest BCUT2D eigenvalue weighted by Crippen LogP contribution is -2.36. The summed E-state index contributed by atoms with van der Waals surface area (Å²) in [6, 6.07) is 7.50. The van der Waals surface area contributed by atoms with Crippen LogP contribution in [0, 0.1) is 6.92 Å². The van der Waals surface area contributed by atoms with E-state index in [4.69, 9.17) is 0 Å².